The summed E-state index contributed by atoms with van der Waals surface area (Å²) in [6.07, 6.45) is 7.93. The van der Waals surface area contributed by atoms with Gasteiger partial charge in [0.1, 0.15) is 33.4 Å². The van der Waals surface area contributed by atoms with Gasteiger partial charge in [0.15, 0.2) is 5.82 Å². The van der Waals surface area contributed by atoms with Gasteiger partial charge in [-0.3, -0.25) is 9.40 Å². The summed E-state index contributed by atoms with van der Waals surface area (Å²) in [7, 11) is -2.37. The van der Waals surface area contributed by atoms with Crippen LogP contribution >= 0.6 is 11.6 Å². The molecule has 1 fully saturated rings. The molecule has 1 N–H and O–H groups in total. The van der Waals surface area contributed by atoms with Crippen molar-refractivity contribution < 1.29 is 17.5 Å². The Balaban J connectivity index is 1.64. The summed E-state index contributed by atoms with van der Waals surface area (Å²) in [5.41, 5.74) is 0.374. The van der Waals surface area contributed by atoms with Crippen molar-refractivity contribution in [2.24, 2.45) is 7.05 Å². The Morgan fingerprint density at radius 2 is 2.06 bits per heavy atom. The Labute approximate surface area is 190 Å². The molecular weight excluding hydrogens is 457 g/mol. The van der Waals surface area contributed by atoms with Gasteiger partial charge < -0.3 is 4.74 Å². The molecule has 4 rings (SSSR count). The SMILES string of the molecule is Cn1nccc1[C@H]1CCCC[C@]1(C)Oc1ccc(S(=O)(=O)Nc2ccncn2)c(F)c1Cl. The van der Waals surface area contributed by atoms with Crippen molar-refractivity contribution in [3.8, 4) is 5.75 Å². The average Bonchev–Trinajstić information content (AvgIpc) is 3.17. The van der Waals surface area contributed by atoms with E-state index in [2.05, 4.69) is 19.8 Å². The number of anilines is 1. The van der Waals surface area contributed by atoms with Crippen molar-refractivity contribution in [2.75, 3.05) is 4.72 Å². The lowest BCUT2D eigenvalue weighted by atomic mass is 9.74. The van der Waals surface area contributed by atoms with E-state index in [1.807, 2.05) is 24.7 Å². The number of rotatable bonds is 6. The van der Waals surface area contributed by atoms with Crippen LogP contribution in [0.15, 0.2) is 47.9 Å². The predicted molar refractivity (Wildman–Crippen MR) is 118 cm³/mol. The van der Waals surface area contributed by atoms with E-state index in [1.165, 1.54) is 24.7 Å². The van der Waals surface area contributed by atoms with Crippen LogP contribution in [-0.4, -0.2) is 33.8 Å². The maximum Gasteiger partial charge on any atom is 0.266 e. The van der Waals surface area contributed by atoms with Gasteiger partial charge in [0.2, 0.25) is 0 Å². The van der Waals surface area contributed by atoms with Gasteiger partial charge in [-0.05, 0) is 50.5 Å². The lowest BCUT2D eigenvalue weighted by Gasteiger charge is -2.41. The molecule has 8 nitrogen and oxygen atoms in total. The summed E-state index contributed by atoms with van der Waals surface area (Å²) >= 11 is 6.26. The lowest BCUT2D eigenvalue weighted by molar-refractivity contribution is 0.0231. The fraction of sp³-hybridized carbons (Fsp3) is 0.381. The Bertz CT molecular complexity index is 1220. The first-order valence-corrected chi connectivity index (χ1v) is 12.0. The van der Waals surface area contributed by atoms with Crippen molar-refractivity contribution >= 4 is 27.4 Å². The van der Waals surface area contributed by atoms with E-state index in [0.717, 1.165) is 37.4 Å². The third kappa shape index (κ3) is 4.29. The van der Waals surface area contributed by atoms with Crippen LogP contribution in [0.25, 0.3) is 0 Å². The van der Waals surface area contributed by atoms with E-state index in [9.17, 15) is 8.42 Å². The van der Waals surface area contributed by atoms with E-state index >= 15 is 4.39 Å². The van der Waals surface area contributed by atoms with Gasteiger partial charge in [-0.25, -0.2) is 22.8 Å². The number of halogens is 2. The van der Waals surface area contributed by atoms with E-state index in [1.54, 1.807) is 6.20 Å². The summed E-state index contributed by atoms with van der Waals surface area (Å²) in [5.74, 6) is -0.931. The maximum absolute atomic E-state index is 15.1. The Morgan fingerprint density at radius 3 is 2.75 bits per heavy atom. The monoisotopic (exact) mass is 479 g/mol. The summed E-state index contributed by atoms with van der Waals surface area (Å²) in [4.78, 5) is 6.92. The minimum atomic E-state index is -4.25. The second-order valence-electron chi connectivity index (χ2n) is 7.98. The Kier molecular flexibility index (Phi) is 6.09. The first-order valence-electron chi connectivity index (χ1n) is 10.1. The third-order valence-electron chi connectivity index (χ3n) is 5.83. The lowest BCUT2D eigenvalue weighted by Crippen LogP contribution is -2.42. The molecule has 0 saturated heterocycles. The second-order valence-corrected chi connectivity index (χ2v) is 10.0. The zero-order valence-electron chi connectivity index (χ0n) is 17.6. The molecule has 0 amide bonds. The van der Waals surface area contributed by atoms with Crippen molar-refractivity contribution in [3.63, 3.8) is 0 Å². The zero-order valence-corrected chi connectivity index (χ0v) is 19.2. The molecule has 1 aromatic carbocycles. The van der Waals surface area contributed by atoms with E-state index in [4.69, 9.17) is 16.3 Å². The van der Waals surface area contributed by atoms with Gasteiger partial charge in [0.05, 0.1) is 0 Å². The van der Waals surface area contributed by atoms with Gasteiger partial charge in [-0.15, -0.1) is 0 Å². The summed E-state index contributed by atoms with van der Waals surface area (Å²) in [6.45, 7) is 1.97. The standard InChI is InChI=1S/C21H23ClFN5O3S/c1-21(10-4-3-5-14(21)15-8-12-26-28(15)2)31-16-6-7-17(20(23)19(16)22)32(29,30)27-18-9-11-24-13-25-18/h6-9,11-14H,3-5,10H2,1-2H3,(H,24,25,27)/t14-,21+/m1/s1. The molecule has 2 aromatic heterocycles. The minimum absolute atomic E-state index is 0.0181. The predicted octanol–water partition coefficient (Wildman–Crippen LogP) is 4.30. The van der Waals surface area contributed by atoms with Crippen LogP contribution in [-0.2, 0) is 17.1 Å². The maximum atomic E-state index is 15.1. The summed E-state index contributed by atoms with van der Waals surface area (Å²) in [5, 5.41) is 3.88. The Hall–Kier alpha value is -2.72. The molecule has 1 aliphatic carbocycles. The number of hydrogen-bond acceptors (Lipinski definition) is 6. The molecule has 0 spiro atoms. The quantitative estimate of drug-likeness (QED) is 0.566. The molecule has 0 bridgehead atoms. The van der Waals surface area contributed by atoms with Gasteiger partial charge in [0, 0.05) is 31.1 Å². The van der Waals surface area contributed by atoms with Crippen LogP contribution in [0, 0.1) is 5.82 Å². The van der Waals surface area contributed by atoms with Crippen molar-refractivity contribution in [2.45, 2.75) is 49.0 Å². The molecule has 1 aliphatic rings. The molecule has 11 heteroatoms. The van der Waals surface area contributed by atoms with Crippen molar-refractivity contribution in [3.05, 3.63) is 59.5 Å². The van der Waals surface area contributed by atoms with Crippen LogP contribution in [0.3, 0.4) is 0 Å². The molecule has 3 aromatic rings. The number of hydrogen-bond donors (Lipinski definition) is 1. The van der Waals surface area contributed by atoms with Gasteiger partial charge in [0.25, 0.3) is 10.0 Å². The van der Waals surface area contributed by atoms with Crippen LogP contribution in [0.5, 0.6) is 5.75 Å². The smallest absolute Gasteiger partial charge is 0.266 e. The highest BCUT2D eigenvalue weighted by molar-refractivity contribution is 7.92. The highest BCUT2D eigenvalue weighted by Crippen LogP contribution is 2.45. The van der Waals surface area contributed by atoms with E-state index < -0.39 is 26.3 Å². The van der Waals surface area contributed by atoms with Gasteiger partial charge >= 0.3 is 0 Å². The molecule has 2 heterocycles. The highest BCUT2D eigenvalue weighted by Gasteiger charge is 2.41. The topological polar surface area (TPSA) is 99.0 Å². The minimum Gasteiger partial charge on any atom is -0.485 e. The highest BCUT2D eigenvalue weighted by atomic mass is 35.5. The van der Waals surface area contributed by atoms with Crippen LogP contribution in [0.4, 0.5) is 10.2 Å². The zero-order chi connectivity index (χ0) is 22.9. The number of nitrogens with zero attached hydrogens (tertiary/aromatic N) is 4. The number of sulfonamides is 1. The van der Waals surface area contributed by atoms with E-state index in [0.29, 0.717) is 0 Å². The molecule has 0 aliphatic heterocycles. The van der Waals surface area contributed by atoms with Gasteiger partial charge in [-0.2, -0.15) is 5.10 Å². The molecule has 170 valence electrons. The molecule has 1 saturated carbocycles. The summed E-state index contributed by atoms with van der Waals surface area (Å²) < 4.78 is 50.7. The van der Waals surface area contributed by atoms with Crippen molar-refractivity contribution in [1.82, 2.24) is 19.7 Å². The third-order valence-corrected chi connectivity index (χ3v) is 7.56. The van der Waals surface area contributed by atoms with E-state index in [-0.39, 0.29) is 22.5 Å². The summed E-state index contributed by atoms with van der Waals surface area (Å²) in [6, 6.07) is 5.84. The fourth-order valence-electron chi connectivity index (χ4n) is 4.21. The van der Waals surface area contributed by atoms with Crippen LogP contribution in [0.1, 0.15) is 44.2 Å². The first kappa shape index (κ1) is 22.5. The van der Waals surface area contributed by atoms with Crippen LogP contribution < -0.4 is 9.46 Å². The fourth-order valence-corrected chi connectivity index (χ4v) is 5.56. The number of aryl methyl sites for hydroxylation is 1. The molecule has 2 atom stereocenters. The number of nitrogens with one attached hydrogen (secondary N) is 1. The molecule has 0 radical (unpaired) electrons. The molecule has 0 unspecified atom stereocenters. The first-order chi connectivity index (χ1) is 15.2. The number of benzene rings is 1. The largest absolute Gasteiger partial charge is 0.485 e. The number of aromatic nitrogens is 4. The average molecular weight is 480 g/mol. The number of ether oxygens (including phenoxy) is 1. The molecule has 32 heavy (non-hydrogen) atoms. The van der Waals surface area contributed by atoms with Crippen LogP contribution in [0.2, 0.25) is 5.02 Å². The second kappa shape index (κ2) is 8.67. The van der Waals surface area contributed by atoms with Gasteiger partial charge in [-0.1, -0.05) is 18.0 Å². The molecular formula is C21H23ClFN5O3S. The Morgan fingerprint density at radius 1 is 1.25 bits per heavy atom. The normalized spacial score (nSPS) is 21.3. The van der Waals surface area contributed by atoms with Crippen molar-refractivity contribution in [1.29, 1.82) is 0 Å².